The Kier molecular flexibility index (Phi) is 5.16. The average Bonchev–Trinajstić information content (AvgIpc) is 2.92. The Balaban J connectivity index is 2.04. The van der Waals surface area contributed by atoms with E-state index in [0.717, 1.165) is 29.2 Å². The summed E-state index contributed by atoms with van der Waals surface area (Å²) in [7, 11) is 0. The number of aliphatic hydroxyl groups excluding tert-OH is 1. The first-order valence-corrected chi connectivity index (χ1v) is 7.09. The molecule has 2 aromatic rings. The SMILES string of the molecule is O=[N+]([O-])c1cccc(-c2csc(CCNCCO)n2)c1. The maximum Gasteiger partial charge on any atom is 0.270 e. The number of nitro benzene ring substituents is 1. The Morgan fingerprint density at radius 2 is 2.25 bits per heavy atom. The molecule has 0 atom stereocenters. The van der Waals surface area contributed by atoms with E-state index >= 15 is 0 Å². The summed E-state index contributed by atoms with van der Waals surface area (Å²) < 4.78 is 0. The normalized spacial score (nSPS) is 10.7. The molecule has 20 heavy (non-hydrogen) atoms. The molecule has 0 radical (unpaired) electrons. The number of nitrogens with one attached hydrogen (secondary N) is 1. The number of hydrogen-bond donors (Lipinski definition) is 2. The fourth-order valence-electron chi connectivity index (χ4n) is 1.74. The lowest BCUT2D eigenvalue weighted by Crippen LogP contribution is -2.20. The highest BCUT2D eigenvalue weighted by molar-refractivity contribution is 7.09. The summed E-state index contributed by atoms with van der Waals surface area (Å²) in [6.07, 6.45) is 0.777. The highest BCUT2D eigenvalue weighted by atomic mass is 32.1. The second-order valence-corrected chi connectivity index (χ2v) is 5.10. The first kappa shape index (κ1) is 14.6. The average molecular weight is 293 g/mol. The minimum atomic E-state index is -0.407. The predicted molar refractivity (Wildman–Crippen MR) is 77.9 cm³/mol. The zero-order valence-corrected chi connectivity index (χ0v) is 11.6. The lowest BCUT2D eigenvalue weighted by molar-refractivity contribution is -0.384. The summed E-state index contributed by atoms with van der Waals surface area (Å²) in [5, 5.41) is 25.4. The fraction of sp³-hybridized carbons (Fsp3) is 0.308. The van der Waals surface area contributed by atoms with E-state index in [1.165, 1.54) is 23.5 Å². The van der Waals surface area contributed by atoms with Gasteiger partial charge >= 0.3 is 0 Å². The van der Waals surface area contributed by atoms with Gasteiger partial charge in [0.1, 0.15) is 0 Å². The Bertz CT molecular complexity index is 586. The zero-order valence-electron chi connectivity index (χ0n) is 10.8. The van der Waals surface area contributed by atoms with Gasteiger partial charge in [-0.25, -0.2) is 4.98 Å². The summed E-state index contributed by atoms with van der Waals surface area (Å²) >= 11 is 1.53. The summed E-state index contributed by atoms with van der Waals surface area (Å²) in [6, 6.07) is 6.48. The summed E-state index contributed by atoms with van der Waals surface area (Å²) in [5.74, 6) is 0. The van der Waals surface area contributed by atoms with Gasteiger partial charge in [-0.15, -0.1) is 11.3 Å². The molecule has 0 unspecified atom stereocenters. The van der Waals surface area contributed by atoms with Gasteiger partial charge in [0.2, 0.25) is 0 Å². The lowest BCUT2D eigenvalue weighted by Gasteiger charge is -1.99. The molecular weight excluding hydrogens is 278 g/mol. The maximum absolute atomic E-state index is 10.8. The van der Waals surface area contributed by atoms with Gasteiger partial charge in [0, 0.05) is 42.6 Å². The van der Waals surface area contributed by atoms with Crippen molar-refractivity contribution in [1.82, 2.24) is 10.3 Å². The molecule has 7 heteroatoms. The van der Waals surface area contributed by atoms with Crippen molar-refractivity contribution in [3.63, 3.8) is 0 Å². The lowest BCUT2D eigenvalue weighted by atomic mass is 10.1. The number of benzene rings is 1. The second-order valence-electron chi connectivity index (χ2n) is 4.16. The first-order chi connectivity index (χ1) is 9.70. The Labute approximate surface area is 120 Å². The molecule has 0 aliphatic carbocycles. The van der Waals surface area contributed by atoms with E-state index in [9.17, 15) is 10.1 Å². The third-order valence-electron chi connectivity index (χ3n) is 2.71. The van der Waals surface area contributed by atoms with Crippen molar-refractivity contribution in [2.45, 2.75) is 6.42 Å². The quantitative estimate of drug-likeness (QED) is 0.462. The Hall–Kier alpha value is -1.83. The molecule has 0 saturated heterocycles. The summed E-state index contributed by atoms with van der Waals surface area (Å²) in [4.78, 5) is 14.8. The molecule has 2 rings (SSSR count). The number of rotatable bonds is 7. The van der Waals surface area contributed by atoms with E-state index in [1.807, 2.05) is 11.4 Å². The Morgan fingerprint density at radius 3 is 3.00 bits per heavy atom. The van der Waals surface area contributed by atoms with E-state index in [0.29, 0.717) is 6.54 Å². The van der Waals surface area contributed by atoms with Crippen molar-refractivity contribution in [1.29, 1.82) is 0 Å². The van der Waals surface area contributed by atoms with E-state index in [4.69, 9.17) is 5.11 Å². The van der Waals surface area contributed by atoms with Crippen molar-refractivity contribution < 1.29 is 10.0 Å². The van der Waals surface area contributed by atoms with Crippen LogP contribution in [0.25, 0.3) is 11.3 Å². The topological polar surface area (TPSA) is 88.3 Å². The highest BCUT2D eigenvalue weighted by Gasteiger charge is 2.09. The van der Waals surface area contributed by atoms with Crippen LogP contribution >= 0.6 is 11.3 Å². The van der Waals surface area contributed by atoms with Crippen LogP contribution in [0.5, 0.6) is 0 Å². The van der Waals surface area contributed by atoms with Gasteiger partial charge in [-0.3, -0.25) is 10.1 Å². The van der Waals surface area contributed by atoms with Crippen molar-refractivity contribution in [2.75, 3.05) is 19.7 Å². The van der Waals surface area contributed by atoms with E-state index < -0.39 is 4.92 Å². The van der Waals surface area contributed by atoms with Crippen LogP contribution in [0.2, 0.25) is 0 Å². The van der Waals surface area contributed by atoms with Crippen LogP contribution in [0.1, 0.15) is 5.01 Å². The van der Waals surface area contributed by atoms with E-state index in [-0.39, 0.29) is 12.3 Å². The van der Waals surface area contributed by atoms with Crippen molar-refractivity contribution in [3.8, 4) is 11.3 Å². The molecule has 1 aromatic carbocycles. The van der Waals surface area contributed by atoms with Crippen LogP contribution in [0.3, 0.4) is 0 Å². The van der Waals surface area contributed by atoms with Crippen LogP contribution < -0.4 is 5.32 Å². The number of non-ortho nitro benzene ring substituents is 1. The van der Waals surface area contributed by atoms with Crippen molar-refractivity contribution >= 4 is 17.0 Å². The number of hydrogen-bond acceptors (Lipinski definition) is 6. The molecule has 6 nitrogen and oxygen atoms in total. The Morgan fingerprint density at radius 1 is 1.40 bits per heavy atom. The number of thiazole rings is 1. The highest BCUT2D eigenvalue weighted by Crippen LogP contribution is 2.25. The van der Waals surface area contributed by atoms with Gasteiger partial charge in [0.15, 0.2) is 0 Å². The standard InChI is InChI=1S/C13H15N3O3S/c17-7-6-14-5-4-13-15-12(9-20-13)10-2-1-3-11(8-10)16(18)19/h1-3,8-9,14,17H,4-7H2. The van der Waals surface area contributed by atoms with Crippen molar-refractivity contribution in [2.24, 2.45) is 0 Å². The molecule has 0 aliphatic heterocycles. The predicted octanol–water partition coefficient (Wildman–Crippen LogP) is 1.84. The minimum absolute atomic E-state index is 0.0710. The third kappa shape index (κ3) is 3.83. The van der Waals surface area contributed by atoms with Crippen molar-refractivity contribution in [3.05, 3.63) is 44.8 Å². The zero-order chi connectivity index (χ0) is 14.4. The molecule has 0 bridgehead atoms. The second kappa shape index (κ2) is 7.09. The molecule has 106 valence electrons. The smallest absolute Gasteiger partial charge is 0.270 e. The molecule has 0 amide bonds. The number of nitrogens with zero attached hydrogens (tertiary/aromatic N) is 2. The molecule has 0 spiro atoms. The van der Waals surface area contributed by atoms with Gasteiger partial charge in [0.25, 0.3) is 5.69 Å². The molecule has 0 aliphatic rings. The molecular formula is C13H15N3O3S. The number of nitro groups is 1. The minimum Gasteiger partial charge on any atom is -0.395 e. The molecule has 1 heterocycles. The van der Waals surface area contributed by atoms with Gasteiger partial charge < -0.3 is 10.4 Å². The first-order valence-electron chi connectivity index (χ1n) is 6.21. The monoisotopic (exact) mass is 293 g/mol. The van der Waals surface area contributed by atoms with Gasteiger partial charge in [-0.05, 0) is 0 Å². The number of aromatic nitrogens is 1. The largest absolute Gasteiger partial charge is 0.395 e. The van der Waals surface area contributed by atoms with Crippen LogP contribution in [-0.4, -0.2) is 34.7 Å². The molecule has 1 aromatic heterocycles. The van der Waals surface area contributed by atoms with Crippen LogP contribution in [-0.2, 0) is 6.42 Å². The van der Waals surface area contributed by atoms with Crippen LogP contribution in [0.15, 0.2) is 29.6 Å². The van der Waals surface area contributed by atoms with Gasteiger partial charge in [-0.1, -0.05) is 12.1 Å². The van der Waals surface area contributed by atoms with Crippen LogP contribution in [0, 0.1) is 10.1 Å². The molecule has 0 saturated carbocycles. The summed E-state index contributed by atoms with van der Waals surface area (Å²) in [5.41, 5.74) is 1.59. The van der Waals surface area contributed by atoms with Gasteiger partial charge in [0.05, 0.1) is 22.2 Å². The number of aliphatic hydroxyl groups is 1. The molecule has 2 N–H and O–H groups in total. The maximum atomic E-state index is 10.8. The fourth-order valence-corrected chi connectivity index (χ4v) is 2.54. The third-order valence-corrected chi connectivity index (χ3v) is 3.62. The molecule has 0 fully saturated rings. The van der Waals surface area contributed by atoms with E-state index in [2.05, 4.69) is 10.3 Å². The van der Waals surface area contributed by atoms with Gasteiger partial charge in [-0.2, -0.15) is 0 Å². The summed E-state index contributed by atoms with van der Waals surface area (Å²) in [6.45, 7) is 1.45. The van der Waals surface area contributed by atoms with E-state index in [1.54, 1.807) is 6.07 Å². The van der Waals surface area contributed by atoms with Crippen LogP contribution in [0.4, 0.5) is 5.69 Å².